The molecule has 1 fully saturated rings. The van der Waals surface area contributed by atoms with Gasteiger partial charge in [-0.25, -0.2) is 0 Å². The maximum atomic E-state index is 13.6. The number of nitrogens with zero attached hydrogens (tertiary/aromatic N) is 2. The number of thiocarbonyl (C=S) groups is 1. The van der Waals surface area contributed by atoms with E-state index in [1.165, 1.54) is 21.9 Å². The van der Waals surface area contributed by atoms with Crippen LogP contribution in [0.5, 0.6) is 0 Å². The van der Waals surface area contributed by atoms with Crippen LogP contribution in [0, 0.1) is 0 Å². The molecule has 3 aromatic rings. The van der Waals surface area contributed by atoms with Gasteiger partial charge in [0.05, 0.1) is 28.3 Å². The van der Waals surface area contributed by atoms with Gasteiger partial charge in [-0.05, 0) is 29.8 Å². The summed E-state index contributed by atoms with van der Waals surface area (Å²) in [4.78, 5) is 42.5. The number of rotatable bonds is 5. The maximum absolute atomic E-state index is 13.6. The summed E-state index contributed by atoms with van der Waals surface area (Å²) in [5, 5.41) is 2.42. The van der Waals surface area contributed by atoms with Crippen LogP contribution in [-0.4, -0.2) is 33.5 Å². The average molecular weight is 554 g/mol. The number of fused-ring (bicyclic) bond motifs is 1. The van der Waals surface area contributed by atoms with Gasteiger partial charge in [0, 0.05) is 11.3 Å². The van der Waals surface area contributed by atoms with E-state index >= 15 is 0 Å². The molecule has 38 heavy (non-hydrogen) atoms. The zero-order chi connectivity index (χ0) is 27.0. The van der Waals surface area contributed by atoms with Gasteiger partial charge in [0.25, 0.3) is 11.8 Å². The van der Waals surface area contributed by atoms with E-state index in [1.807, 2.05) is 30.3 Å². The van der Waals surface area contributed by atoms with Crippen LogP contribution in [0.25, 0.3) is 5.57 Å². The molecule has 2 aliphatic heterocycles. The molecule has 0 aliphatic carbocycles. The molecule has 0 atom stereocenters. The van der Waals surface area contributed by atoms with Gasteiger partial charge in [0.15, 0.2) is 0 Å². The van der Waals surface area contributed by atoms with Gasteiger partial charge in [-0.15, -0.1) is 0 Å². The number of benzene rings is 3. The van der Waals surface area contributed by atoms with E-state index in [4.69, 9.17) is 12.2 Å². The number of carbonyl (C=O) groups is 3. The second kappa shape index (κ2) is 10.1. The molecular formula is C27H18F3N3O3S2. The minimum atomic E-state index is -4.56. The van der Waals surface area contributed by atoms with Crippen LogP contribution in [0.4, 0.5) is 24.5 Å². The predicted molar refractivity (Wildman–Crippen MR) is 143 cm³/mol. The molecule has 11 heteroatoms. The lowest BCUT2D eigenvalue weighted by atomic mass is 10.1. The minimum absolute atomic E-state index is 0.0493. The number of carbonyl (C=O) groups excluding carboxylic acids is 3. The first-order valence-corrected chi connectivity index (χ1v) is 12.6. The topological polar surface area (TPSA) is 69.7 Å². The molecule has 0 unspecified atom stereocenters. The Labute approximate surface area is 225 Å². The smallest absolute Gasteiger partial charge is 0.325 e. The first kappa shape index (κ1) is 25.7. The Morgan fingerprint density at radius 1 is 0.895 bits per heavy atom. The summed E-state index contributed by atoms with van der Waals surface area (Å²) >= 11 is 6.47. The summed E-state index contributed by atoms with van der Waals surface area (Å²) in [6, 6.07) is 20.3. The predicted octanol–water partition coefficient (Wildman–Crippen LogP) is 5.46. The molecule has 0 radical (unpaired) electrons. The molecule has 0 bridgehead atoms. The summed E-state index contributed by atoms with van der Waals surface area (Å²) in [5.41, 5.74) is 0.954. The quantitative estimate of drug-likeness (QED) is 0.336. The highest BCUT2D eigenvalue weighted by Gasteiger charge is 2.42. The second-order valence-corrected chi connectivity index (χ2v) is 10.1. The fraction of sp³-hybridized carbons (Fsp3) is 0.111. The summed E-state index contributed by atoms with van der Waals surface area (Å²) in [6.07, 6.45) is -4.56. The van der Waals surface area contributed by atoms with Crippen LogP contribution < -0.4 is 10.2 Å². The number of para-hydroxylation sites is 1. The molecule has 5 rings (SSSR count). The Hall–Kier alpha value is -3.96. The Morgan fingerprint density at radius 3 is 2.34 bits per heavy atom. The highest BCUT2D eigenvalue weighted by Crippen LogP contribution is 2.44. The fourth-order valence-corrected chi connectivity index (χ4v) is 5.55. The van der Waals surface area contributed by atoms with Crippen molar-refractivity contribution in [3.63, 3.8) is 0 Å². The number of nitrogens with one attached hydrogen (secondary N) is 1. The molecule has 6 nitrogen and oxygen atoms in total. The van der Waals surface area contributed by atoms with Crippen LogP contribution in [0.2, 0.25) is 0 Å². The molecule has 1 N–H and O–H groups in total. The summed E-state index contributed by atoms with van der Waals surface area (Å²) in [5.74, 6) is -1.66. The Morgan fingerprint density at radius 2 is 1.61 bits per heavy atom. The summed E-state index contributed by atoms with van der Waals surface area (Å²) in [7, 11) is 0. The number of amides is 3. The Balaban J connectivity index is 1.41. The van der Waals surface area contributed by atoms with Gasteiger partial charge in [-0.3, -0.25) is 24.2 Å². The lowest BCUT2D eigenvalue weighted by Gasteiger charge is -2.17. The zero-order valence-corrected chi connectivity index (χ0v) is 21.1. The molecule has 0 spiro atoms. The monoisotopic (exact) mass is 553 g/mol. The number of thioether (sulfide) groups is 1. The van der Waals surface area contributed by atoms with Crippen molar-refractivity contribution in [2.45, 2.75) is 12.7 Å². The van der Waals surface area contributed by atoms with Crippen LogP contribution in [0.3, 0.4) is 0 Å². The van der Waals surface area contributed by atoms with E-state index in [1.54, 1.807) is 24.3 Å². The van der Waals surface area contributed by atoms with Crippen LogP contribution in [0.15, 0.2) is 83.8 Å². The molecule has 3 amide bonds. The van der Waals surface area contributed by atoms with Gasteiger partial charge in [-0.1, -0.05) is 78.6 Å². The highest BCUT2D eigenvalue weighted by molar-refractivity contribution is 8.26. The van der Waals surface area contributed by atoms with Gasteiger partial charge < -0.3 is 5.32 Å². The van der Waals surface area contributed by atoms with E-state index in [0.29, 0.717) is 15.6 Å². The van der Waals surface area contributed by atoms with Gasteiger partial charge in [0.1, 0.15) is 10.9 Å². The van der Waals surface area contributed by atoms with Crippen LogP contribution in [-0.2, 0) is 27.1 Å². The summed E-state index contributed by atoms with van der Waals surface area (Å²) in [6.45, 7) is -0.207. The second-order valence-electron chi connectivity index (χ2n) is 8.48. The van der Waals surface area contributed by atoms with Crippen molar-refractivity contribution in [1.29, 1.82) is 0 Å². The molecule has 3 aromatic carbocycles. The van der Waals surface area contributed by atoms with Gasteiger partial charge in [0.2, 0.25) is 5.91 Å². The van der Waals surface area contributed by atoms with Crippen molar-refractivity contribution in [2.24, 2.45) is 0 Å². The lowest BCUT2D eigenvalue weighted by molar-refractivity contribution is -0.137. The lowest BCUT2D eigenvalue weighted by Crippen LogP contribution is -2.35. The van der Waals surface area contributed by atoms with Crippen molar-refractivity contribution < 1.29 is 27.6 Å². The van der Waals surface area contributed by atoms with E-state index in [9.17, 15) is 27.6 Å². The largest absolute Gasteiger partial charge is 0.416 e. The average Bonchev–Trinajstić information content (AvgIpc) is 3.31. The van der Waals surface area contributed by atoms with Gasteiger partial charge >= 0.3 is 6.18 Å². The van der Waals surface area contributed by atoms with E-state index in [2.05, 4.69) is 5.32 Å². The Bertz CT molecular complexity index is 1510. The Kier molecular flexibility index (Phi) is 6.80. The third kappa shape index (κ3) is 4.94. The molecule has 192 valence electrons. The number of hydrogen-bond donors (Lipinski definition) is 1. The number of hydrogen-bond acceptors (Lipinski definition) is 5. The third-order valence-electron chi connectivity index (χ3n) is 5.96. The van der Waals surface area contributed by atoms with Crippen molar-refractivity contribution in [3.8, 4) is 0 Å². The molecule has 0 aromatic heterocycles. The molecular weight excluding hydrogens is 535 g/mol. The zero-order valence-electron chi connectivity index (χ0n) is 19.5. The third-order valence-corrected chi connectivity index (χ3v) is 7.41. The SMILES string of the molecule is O=C(CN1C(=O)/C(=C2\SC(=S)N(Cc3ccccc3)C2=O)c2ccccc21)Nc1cccc(C(F)(F)F)c1. The first-order chi connectivity index (χ1) is 18.1. The number of anilines is 2. The van der Waals surface area contributed by atoms with Crippen LogP contribution in [0.1, 0.15) is 16.7 Å². The molecule has 1 saturated heterocycles. The summed E-state index contributed by atoms with van der Waals surface area (Å²) < 4.78 is 39.4. The van der Waals surface area contributed by atoms with Crippen molar-refractivity contribution in [2.75, 3.05) is 16.8 Å². The minimum Gasteiger partial charge on any atom is -0.325 e. The standard InChI is InChI=1S/C27H18F3N3O3S2/c28-27(29,30)17-9-6-10-18(13-17)31-21(34)15-32-20-12-5-4-11-19(20)22(24(32)35)23-25(36)33(26(37)38-23)14-16-7-2-1-3-8-16/h1-13H,14-15H2,(H,31,34)/b23-22-. The first-order valence-electron chi connectivity index (χ1n) is 11.3. The number of halogens is 3. The number of alkyl halides is 3. The molecule has 2 aliphatic rings. The van der Waals surface area contributed by atoms with E-state index in [-0.39, 0.29) is 22.7 Å². The van der Waals surface area contributed by atoms with Crippen molar-refractivity contribution >= 4 is 63.0 Å². The van der Waals surface area contributed by atoms with Gasteiger partial charge in [-0.2, -0.15) is 13.2 Å². The van der Waals surface area contributed by atoms with Crippen molar-refractivity contribution in [1.82, 2.24) is 4.90 Å². The van der Waals surface area contributed by atoms with E-state index in [0.717, 1.165) is 29.5 Å². The van der Waals surface area contributed by atoms with Crippen LogP contribution >= 0.6 is 24.0 Å². The maximum Gasteiger partial charge on any atom is 0.416 e. The van der Waals surface area contributed by atoms with E-state index < -0.39 is 36.0 Å². The van der Waals surface area contributed by atoms with Crippen molar-refractivity contribution in [3.05, 3.63) is 100 Å². The molecule has 0 saturated carbocycles. The normalized spacial score (nSPS) is 17.3. The molecule has 2 heterocycles. The highest BCUT2D eigenvalue weighted by atomic mass is 32.2. The fourth-order valence-electron chi connectivity index (χ4n) is 4.23.